The van der Waals surface area contributed by atoms with E-state index in [4.69, 9.17) is 5.26 Å². The highest BCUT2D eigenvalue weighted by molar-refractivity contribution is 5.95. The van der Waals surface area contributed by atoms with Crippen molar-refractivity contribution in [2.45, 2.75) is 12.2 Å². The fourth-order valence-corrected chi connectivity index (χ4v) is 3.44. The Bertz CT molecular complexity index is 983. The first-order valence-corrected chi connectivity index (χ1v) is 8.89. The SMILES string of the molecule is N#Cc1ccc(N2CCN(C(=O)c3c(F)cccc3F)CC2CO)cc1C(F)(F)F. The van der Waals surface area contributed by atoms with Gasteiger partial charge >= 0.3 is 6.18 Å². The van der Waals surface area contributed by atoms with Crippen molar-refractivity contribution in [3.63, 3.8) is 0 Å². The Morgan fingerprint density at radius 3 is 2.40 bits per heavy atom. The van der Waals surface area contributed by atoms with E-state index in [9.17, 15) is 31.9 Å². The first-order chi connectivity index (χ1) is 14.2. The molecular weight excluding hydrogens is 409 g/mol. The quantitative estimate of drug-likeness (QED) is 0.768. The first kappa shape index (κ1) is 21.5. The lowest BCUT2D eigenvalue weighted by atomic mass is 10.0. The second kappa shape index (κ2) is 8.28. The average molecular weight is 425 g/mol. The molecule has 0 saturated carbocycles. The van der Waals surface area contributed by atoms with Gasteiger partial charge in [-0.05, 0) is 30.3 Å². The lowest BCUT2D eigenvalue weighted by molar-refractivity contribution is -0.137. The van der Waals surface area contributed by atoms with Crippen molar-refractivity contribution in [3.05, 3.63) is 64.7 Å². The summed E-state index contributed by atoms with van der Waals surface area (Å²) >= 11 is 0. The van der Waals surface area contributed by atoms with Gasteiger partial charge in [0.2, 0.25) is 0 Å². The van der Waals surface area contributed by atoms with E-state index in [1.54, 1.807) is 0 Å². The topological polar surface area (TPSA) is 67.6 Å². The van der Waals surface area contributed by atoms with Gasteiger partial charge in [0.15, 0.2) is 0 Å². The lowest BCUT2D eigenvalue weighted by Gasteiger charge is -2.42. The largest absolute Gasteiger partial charge is 0.417 e. The van der Waals surface area contributed by atoms with E-state index >= 15 is 0 Å². The second-order valence-corrected chi connectivity index (χ2v) is 6.72. The van der Waals surface area contributed by atoms with E-state index in [1.807, 2.05) is 0 Å². The zero-order chi connectivity index (χ0) is 22.1. The maximum atomic E-state index is 13.9. The Kier molecular flexibility index (Phi) is 5.94. The van der Waals surface area contributed by atoms with Gasteiger partial charge in [-0.15, -0.1) is 0 Å². The number of carbonyl (C=O) groups is 1. The number of halogens is 5. The van der Waals surface area contributed by atoms with Gasteiger partial charge in [0, 0.05) is 25.3 Å². The Labute approximate surface area is 168 Å². The van der Waals surface area contributed by atoms with Crippen molar-refractivity contribution in [2.75, 3.05) is 31.1 Å². The van der Waals surface area contributed by atoms with Gasteiger partial charge in [-0.2, -0.15) is 18.4 Å². The number of hydrogen-bond donors (Lipinski definition) is 1. The van der Waals surface area contributed by atoms with E-state index in [1.165, 1.54) is 17.0 Å². The molecule has 3 rings (SSSR count). The summed E-state index contributed by atoms with van der Waals surface area (Å²) in [4.78, 5) is 15.2. The van der Waals surface area contributed by atoms with E-state index in [0.717, 1.165) is 35.2 Å². The fraction of sp³-hybridized carbons (Fsp3) is 0.300. The summed E-state index contributed by atoms with van der Waals surface area (Å²) in [6.07, 6.45) is -4.74. The minimum absolute atomic E-state index is 0.0234. The molecule has 158 valence electrons. The highest BCUT2D eigenvalue weighted by atomic mass is 19.4. The number of nitriles is 1. The molecule has 1 unspecified atom stereocenters. The average Bonchev–Trinajstić information content (AvgIpc) is 2.72. The number of hydrogen-bond acceptors (Lipinski definition) is 4. The third-order valence-corrected chi connectivity index (χ3v) is 4.92. The molecule has 1 N–H and O–H groups in total. The Morgan fingerprint density at radius 2 is 1.83 bits per heavy atom. The monoisotopic (exact) mass is 425 g/mol. The van der Waals surface area contributed by atoms with Crippen LogP contribution in [-0.2, 0) is 6.18 Å². The molecule has 1 fully saturated rings. The highest BCUT2D eigenvalue weighted by Crippen LogP contribution is 2.35. The maximum Gasteiger partial charge on any atom is 0.417 e. The molecule has 0 aliphatic carbocycles. The second-order valence-electron chi connectivity index (χ2n) is 6.72. The van der Waals surface area contributed by atoms with Crippen molar-refractivity contribution < 1.29 is 31.9 Å². The molecule has 1 aliphatic heterocycles. The predicted octanol–water partition coefficient (Wildman–Crippen LogP) is 3.18. The number of aliphatic hydroxyl groups excluding tert-OH is 1. The number of carbonyl (C=O) groups excluding carboxylic acids is 1. The van der Waals surface area contributed by atoms with Crippen LogP contribution in [0.25, 0.3) is 0 Å². The zero-order valence-electron chi connectivity index (χ0n) is 15.5. The summed E-state index contributed by atoms with van der Waals surface area (Å²) in [6, 6.07) is 6.90. The Morgan fingerprint density at radius 1 is 1.17 bits per heavy atom. The van der Waals surface area contributed by atoms with Gasteiger partial charge in [-0.3, -0.25) is 4.79 Å². The summed E-state index contributed by atoms with van der Waals surface area (Å²) in [5, 5.41) is 18.7. The van der Waals surface area contributed by atoms with Gasteiger partial charge in [0.25, 0.3) is 5.91 Å². The third-order valence-electron chi connectivity index (χ3n) is 4.92. The van der Waals surface area contributed by atoms with Crippen molar-refractivity contribution in [2.24, 2.45) is 0 Å². The van der Waals surface area contributed by atoms with Crippen LogP contribution in [0.1, 0.15) is 21.5 Å². The van der Waals surface area contributed by atoms with Crippen LogP contribution in [0, 0.1) is 23.0 Å². The van der Waals surface area contributed by atoms with Gasteiger partial charge in [-0.1, -0.05) is 6.07 Å². The predicted molar refractivity (Wildman–Crippen MR) is 96.6 cm³/mol. The van der Waals surface area contributed by atoms with Crippen LogP contribution in [0.3, 0.4) is 0 Å². The number of aliphatic hydroxyl groups is 1. The number of benzene rings is 2. The van der Waals surface area contributed by atoms with E-state index in [-0.39, 0.29) is 25.3 Å². The summed E-state index contributed by atoms with van der Waals surface area (Å²) < 4.78 is 67.6. The number of nitrogens with zero attached hydrogens (tertiary/aromatic N) is 3. The molecule has 0 radical (unpaired) electrons. The molecule has 1 aliphatic rings. The third kappa shape index (κ3) is 4.07. The summed E-state index contributed by atoms with van der Waals surface area (Å²) in [7, 11) is 0. The van der Waals surface area contributed by atoms with Crippen LogP contribution in [-0.4, -0.2) is 48.2 Å². The van der Waals surface area contributed by atoms with Gasteiger partial charge < -0.3 is 14.9 Å². The maximum absolute atomic E-state index is 13.9. The number of alkyl halides is 3. The first-order valence-electron chi connectivity index (χ1n) is 8.89. The molecule has 30 heavy (non-hydrogen) atoms. The number of anilines is 1. The molecule has 0 spiro atoms. The summed E-state index contributed by atoms with van der Waals surface area (Å²) in [5.41, 5.74) is -2.24. The van der Waals surface area contributed by atoms with Crippen LogP contribution >= 0.6 is 0 Å². The van der Waals surface area contributed by atoms with Gasteiger partial charge in [0.05, 0.1) is 29.8 Å². The van der Waals surface area contributed by atoms with E-state index < -0.39 is 53.1 Å². The Hall–Kier alpha value is -3.19. The molecule has 0 bridgehead atoms. The van der Waals surface area contributed by atoms with Crippen LogP contribution in [0.2, 0.25) is 0 Å². The molecule has 5 nitrogen and oxygen atoms in total. The minimum Gasteiger partial charge on any atom is -0.394 e. The van der Waals surface area contributed by atoms with Crippen molar-refractivity contribution in [1.29, 1.82) is 5.26 Å². The van der Waals surface area contributed by atoms with Crippen LogP contribution < -0.4 is 4.90 Å². The molecule has 1 amide bonds. The summed E-state index contributed by atoms with van der Waals surface area (Å²) in [6.45, 7) is -0.657. The van der Waals surface area contributed by atoms with Crippen LogP contribution in [0.15, 0.2) is 36.4 Å². The normalized spacial score (nSPS) is 17.0. The summed E-state index contributed by atoms with van der Waals surface area (Å²) in [5.74, 6) is -2.95. The standard InChI is InChI=1S/C20H16F5N3O2/c21-16-2-1-3-17(22)18(16)19(30)27-6-7-28(14(10-27)11-29)13-5-4-12(9-26)15(8-13)20(23,24)25/h1-5,8,14,29H,6-7,10-11H2. The Balaban J connectivity index is 1.87. The van der Waals surface area contributed by atoms with E-state index in [0.29, 0.717) is 0 Å². The molecule has 2 aromatic carbocycles. The molecule has 1 saturated heterocycles. The van der Waals surface area contributed by atoms with Gasteiger partial charge in [0.1, 0.15) is 17.2 Å². The van der Waals surface area contributed by atoms with Crippen molar-refractivity contribution in [3.8, 4) is 6.07 Å². The molecule has 0 aromatic heterocycles. The minimum atomic E-state index is -4.74. The van der Waals surface area contributed by atoms with Gasteiger partial charge in [-0.25, -0.2) is 8.78 Å². The fourth-order valence-electron chi connectivity index (χ4n) is 3.44. The number of piperazine rings is 1. The van der Waals surface area contributed by atoms with Crippen molar-refractivity contribution >= 4 is 11.6 Å². The molecular formula is C20H16F5N3O2. The number of amides is 1. The van der Waals surface area contributed by atoms with E-state index in [2.05, 4.69) is 0 Å². The number of rotatable bonds is 3. The molecule has 10 heteroatoms. The zero-order valence-corrected chi connectivity index (χ0v) is 15.5. The highest BCUT2D eigenvalue weighted by Gasteiger charge is 2.36. The molecule has 1 heterocycles. The molecule has 2 aromatic rings. The van der Waals surface area contributed by atoms with Crippen LogP contribution in [0.5, 0.6) is 0 Å². The van der Waals surface area contributed by atoms with Crippen molar-refractivity contribution in [1.82, 2.24) is 4.90 Å². The smallest absolute Gasteiger partial charge is 0.394 e. The molecule has 1 atom stereocenters. The van der Waals surface area contributed by atoms with Crippen LogP contribution in [0.4, 0.5) is 27.6 Å². The lowest BCUT2D eigenvalue weighted by Crippen LogP contribution is -2.56.